The molecule has 0 saturated carbocycles. The lowest BCUT2D eigenvalue weighted by molar-refractivity contribution is 0.0613. The van der Waals surface area contributed by atoms with Gasteiger partial charge < -0.3 is 15.0 Å². The summed E-state index contributed by atoms with van der Waals surface area (Å²) in [4.78, 5) is 9.48. The van der Waals surface area contributed by atoms with E-state index in [2.05, 4.69) is 28.6 Å². The van der Waals surface area contributed by atoms with Gasteiger partial charge in [-0.05, 0) is 31.2 Å². The molecule has 132 valence electrons. The predicted octanol–water partition coefficient (Wildman–Crippen LogP) is 3.94. The quantitative estimate of drug-likeness (QED) is 0.765. The van der Waals surface area contributed by atoms with Gasteiger partial charge in [-0.1, -0.05) is 31.5 Å². The van der Waals surface area contributed by atoms with Crippen molar-refractivity contribution in [3.05, 3.63) is 30.1 Å². The fraction of sp³-hybridized carbons (Fsp3) is 0.500. The zero-order valence-electron chi connectivity index (χ0n) is 14.9. The minimum Gasteiger partial charge on any atom is -0.382 e. The van der Waals surface area contributed by atoms with Gasteiger partial charge in [0.15, 0.2) is 5.82 Å². The number of nitrogens with zero attached hydrogens (tertiary/aromatic N) is 3. The second-order valence-electron chi connectivity index (χ2n) is 7.01. The molecule has 1 aliphatic heterocycles. The normalized spacial score (nSPS) is 16.0. The van der Waals surface area contributed by atoms with Gasteiger partial charge in [0.25, 0.3) is 0 Å². The molecule has 0 spiro atoms. The monoisotopic (exact) mass is 338 g/mol. The largest absolute Gasteiger partial charge is 0.382 e. The third-order valence-corrected chi connectivity index (χ3v) is 5.22. The van der Waals surface area contributed by atoms with Gasteiger partial charge in [-0.2, -0.15) is 0 Å². The van der Waals surface area contributed by atoms with Gasteiger partial charge in [0.2, 0.25) is 0 Å². The maximum atomic E-state index is 6.26. The highest BCUT2D eigenvalue weighted by molar-refractivity contribution is 6.06. The molecule has 1 fully saturated rings. The molecule has 0 bridgehead atoms. The maximum Gasteiger partial charge on any atom is 0.152 e. The Morgan fingerprint density at radius 2 is 2.00 bits per heavy atom. The average Bonchev–Trinajstić information content (AvgIpc) is 3.00. The Kier molecular flexibility index (Phi) is 4.57. The lowest BCUT2D eigenvalue weighted by Gasteiger charge is -2.23. The van der Waals surface area contributed by atoms with E-state index in [-0.39, 0.29) is 0 Å². The molecule has 0 aliphatic carbocycles. The average molecular weight is 338 g/mol. The number of nitrogens with two attached hydrogens (primary N) is 1. The van der Waals surface area contributed by atoms with Crippen LogP contribution in [0.1, 0.15) is 38.4 Å². The zero-order chi connectivity index (χ0) is 17.2. The van der Waals surface area contributed by atoms with Crippen molar-refractivity contribution < 1.29 is 4.74 Å². The Bertz CT molecular complexity index is 880. The van der Waals surface area contributed by atoms with Crippen molar-refractivity contribution >= 4 is 27.8 Å². The third kappa shape index (κ3) is 3.09. The van der Waals surface area contributed by atoms with Crippen molar-refractivity contribution in [1.29, 1.82) is 0 Å². The van der Waals surface area contributed by atoms with Crippen molar-refractivity contribution in [3.63, 3.8) is 0 Å². The summed E-state index contributed by atoms with van der Waals surface area (Å²) < 4.78 is 7.95. The SMILES string of the molecule is CCCCc1nc2c(N)nc3ccccc3c2n1CC1CCOCC1. The first-order chi connectivity index (χ1) is 12.3. The van der Waals surface area contributed by atoms with Crippen LogP contribution in [0.15, 0.2) is 24.3 Å². The van der Waals surface area contributed by atoms with Crippen molar-refractivity contribution in [3.8, 4) is 0 Å². The first-order valence-electron chi connectivity index (χ1n) is 9.39. The number of unbranched alkanes of at least 4 members (excludes halogenated alkanes) is 1. The number of rotatable bonds is 5. The summed E-state index contributed by atoms with van der Waals surface area (Å²) in [6, 6.07) is 8.24. The summed E-state index contributed by atoms with van der Waals surface area (Å²) in [6.45, 7) is 4.95. The lowest BCUT2D eigenvalue weighted by atomic mass is 10.00. The van der Waals surface area contributed by atoms with E-state index in [0.29, 0.717) is 11.7 Å². The van der Waals surface area contributed by atoms with Crippen LogP contribution in [0.4, 0.5) is 5.82 Å². The van der Waals surface area contributed by atoms with Crippen molar-refractivity contribution in [1.82, 2.24) is 14.5 Å². The molecular formula is C20H26N4O. The molecule has 5 nitrogen and oxygen atoms in total. The van der Waals surface area contributed by atoms with Crippen LogP contribution in [0, 0.1) is 5.92 Å². The highest BCUT2D eigenvalue weighted by atomic mass is 16.5. The van der Waals surface area contributed by atoms with Gasteiger partial charge in [0.1, 0.15) is 11.3 Å². The molecule has 0 radical (unpaired) electrons. The first-order valence-corrected chi connectivity index (χ1v) is 9.39. The standard InChI is InChI=1S/C20H26N4O/c1-2-3-8-17-23-18-19(24(17)13-14-9-11-25-12-10-14)15-6-4-5-7-16(15)22-20(18)21/h4-7,14H,2-3,8-13H2,1H3,(H2,21,22). The van der Waals surface area contributed by atoms with E-state index in [1.165, 1.54) is 0 Å². The molecule has 2 aromatic heterocycles. The molecule has 5 heteroatoms. The third-order valence-electron chi connectivity index (χ3n) is 5.22. The van der Waals surface area contributed by atoms with E-state index in [1.54, 1.807) is 0 Å². The molecule has 2 N–H and O–H groups in total. The molecule has 0 amide bonds. The Labute approximate surface area is 148 Å². The van der Waals surface area contributed by atoms with E-state index in [1.807, 2.05) is 12.1 Å². The van der Waals surface area contributed by atoms with E-state index < -0.39 is 0 Å². The first kappa shape index (κ1) is 16.3. The van der Waals surface area contributed by atoms with E-state index >= 15 is 0 Å². The van der Waals surface area contributed by atoms with Gasteiger partial charge in [0.05, 0.1) is 11.0 Å². The van der Waals surface area contributed by atoms with Crippen LogP contribution in [-0.2, 0) is 17.7 Å². The Balaban J connectivity index is 1.88. The number of ether oxygens (including phenoxy) is 1. The predicted molar refractivity (Wildman–Crippen MR) is 102 cm³/mol. The number of aromatic nitrogens is 3. The highest BCUT2D eigenvalue weighted by Gasteiger charge is 2.21. The van der Waals surface area contributed by atoms with E-state index in [9.17, 15) is 0 Å². The minimum atomic E-state index is 0.539. The van der Waals surface area contributed by atoms with E-state index in [0.717, 1.165) is 79.6 Å². The Morgan fingerprint density at radius 1 is 1.20 bits per heavy atom. The lowest BCUT2D eigenvalue weighted by Crippen LogP contribution is -2.21. The number of anilines is 1. The summed E-state index contributed by atoms with van der Waals surface area (Å²) in [5.74, 6) is 2.32. The molecule has 3 heterocycles. The summed E-state index contributed by atoms with van der Waals surface area (Å²) in [5.41, 5.74) is 9.22. The van der Waals surface area contributed by atoms with Gasteiger partial charge in [-0.25, -0.2) is 9.97 Å². The smallest absolute Gasteiger partial charge is 0.152 e. The number of fused-ring (bicyclic) bond motifs is 3. The van der Waals surface area contributed by atoms with Gasteiger partial charge in [-0.3, -0.25) is 0 Å². The van der Waals surface area contributed by atoms with Crippen LogP contribution in [0.25, 0.3) is 21.9 Å². The molecule has 1 aliphatic rings. The van der Waals surface area contributed by atoms with Crippen LogP contribution in [0.5, 0.6) is 0 Å². The molecule has 25 heavy (non-hydrogen) atoms. The number of hydrogen-bond acceptors (Lipinski definition) is 4. The van der Waals surface area contributed by atoms with Crippen LogP contribution < -0.4 is 5.73 Å². The van der Waals surface area contributed by atoms with Crippen LogP contribution in [0.3, 0.4) is 0 Å². The molecule has 0 atom stereocenters. The minimum absolute atomic E-state index is 0.539. The van der Waals surface area contributed by atoms with Crippen LogP contribution in [0.2, 0.25) is 0 Å². The van der Waals surface area contributed by atoms with Gasteiger partial charge in [0, 0.05) is 31.6 Å². The number of imidazole rings is 1. The van der Waals surface area contributed by atoms with E-state index in [4.69, 9.17) is 15.5 Å². The molecule has 4 rings (SSSR count). The summed E-state index contributed by atoms with van der Waals surface area (Å²) in [7, 11) is 0. The molecular weight excluding hydrogens is 312 g/mol. The zero-order valence-corrected chi connectivity index (χ0v) is 14.9. The number of benzene rings is 1. The number of para-hydroxylation sites is 1. The summed E-state index contributed by atoms with van der Waals surface area (Å²) in [5, 5.41) is 1.15. The number of hydrogen-bond donors (Lipinski definition) is 1. The molecule has 1 aromatic carbocycles. The van der Waals surface area contributed by atoms with Gasteiger partial charge >= 0.3 is 0 Å². The van der Waals surface area contributed by atoms with Crippen LogP contribution in [-0.4, -0.2) is 27.7 Å². The molecule has 3 aromatic rings. The van der Waals surface area contributed by atoms with Gasteiger partial charge in [-0.15, -0.1) is 0 Å². The summed E-state index contributed by atoms with van der Waals surface area (Å²) >= 11 is 0. The summed E-state index contributed by atoms with van der Waals surface area (Å²) in [6.07, 6.45) is 5.52. The highest BCUT2D eigenvalue weighted by Crippen LogP contribution is 2.31. The van der Waals surface area contributed by atoms with Crippen LogP contribution >= 0.6 is 0 Å². The fourth-order valence-electron chi connectivity index (χ4n) is 3.81. The maximum absolute atomic E-state index is 6.26. The fourth-order valence-corrected chi connectivity index (χ4v) is 3.81. The van der Waals surface area contributed by atoms with Crippen molar-refractivity contribution in [2.75, 3.05) is 18.9 Å². The number of aryl methyl sites for hydroxylation is 1. The van der Waals surface area contributed by atoms with Crippen molar-refractivity contribution in [2.45, 2.75) is 45.6 Å². The molecule has 0 unspecified atom stereocenters. The number of pyridine rings is 1. The molecule has 1 saturated heterocycles. The Morgan fingerprint density at radius 3 is 2.80 bits per heavy atom. The number of nitrogen functional groups attached to an aromatic ring is 1. The Hall–Kier alpha value is -2.14. The van der Waals surface area contributed by atoms with Crippen molar-refractivity contribution in [2.24, 2.45) is 5.92 Å². The second-order valence-corrected chi connectivity index (χ2v) is 7.01. The topological polar surface area (TPSA) is 66.0 Å². The second kappa shape index (κ2) is 7.00.